The Morgan fingerprint density at radius 1 is 1.25 bits per heavy atom. The summed E-state index contributed by atoms with van der Waals surface area (Å²) < 4.78 is 3.89. The normalized spacial score (nSPS) is 15.2. The van der Waals surface area contributed by atoms with E-state index in [-0.39, 0.29) is 5.91 Å². The smallest absolute Gasteiger partial charge is 0.225 e. The number of hydrogen-bond donors (Lipinski definition) is 1. The number of carbonyl (C=O) groups is 1. The second-order valence-electron chi connectivity index (χ2n) is 6.87. The second kappa shape index (κ2) is 6.79. The van der Waals surface area contributed by atoms with Crippen LogP contribution in [-0.2, 0) is 18.3 Å². The Morgan fingerprint density at radius 2 is 1.96 bits per heavy atom. The van der Waals surface area contributed by atoms with Gasteiger partial charge in [0.25, 0.3) is 0 Å². The number of carbonyl (C=O) groups excluding carboxylic acids is 1. The van der Waals surface area contributed by atoms with Gasteiger partial charge in [0.1, 0.15) is 5.82 Å². The van der Waals surface area contributed by atoms with E-state index in [2.05, 4.69) is 15.5 Å². The summed E-state index contributed by atoms with van der Waals surface area (Å²) >= 11 is 0. The molecular formula is C18H27N5O. The molecule has 0 unspecified atom stereocenters. The van der Waals surface area contributed by atoms with Crippen molar-refractivity contribution >= 4 is 11.7 Å². The van der Waals surface area contributed by atoms with Crippen LogP contribution in [0.25, 0.3) is 0 Å². The van der Waals surface area contributed by atoms with Crippen molar-refractivity contribution < 1.29 is 4.79 Å². The Kier molecular flexibility index (Phi) is 4.73. The van der Waals surface area contributed by atoms with Crippen molar-refractivity contribution in [1.82, 2.24) is 19.6 Å². The molecule has 0 bridgehead atoms. The first-order valence-electron chi connectivity index (χ1n) is 8.80. The Morgan fingerprint density at radius 3 is 2.58 bits per heavy atom. The fraction of sp³-hybridized carbons (Fsp3) is 0.611. The van der Waals surface area contributed by atoms with E-state index in [9.17, 15) is 4.79 Å². The van der Waals surface area contributed by atoms with E-state index in [1.807, 2.05) is 43.2 Å². The maximum atomic E-state index is 12.4. The fourth-order valence-corrected chi connectivity index (χ4v) is 3.66. The number of aryl methyl sites for hydroxylation is 3. The summed E-state index contributed by atoms with van der Waals surface area (Å²) in [5.74, 6) is 0.876. The molecule has 0 aromatic carbocycles. The molecule has 2 aromatic rings. The third kappa shape index (κ3) is 3.37. The van der Waals surface area contributed by atoms with E-state index in [1.165, 1.54) is 18.4 Å². The summed E-state index contributed by atoms with van der Waals surface area (Å²) in [6.07, 6.45) is 5.97. The average Bonchev–Trinajstić information content (AvgIpc) is 3.20. The lowest BCUT2D eigenvalue weighted by Crippen LogP contribution is -2.18. The molecule has 1 saturated carbocycles. The molecule has 1 aliphatic rings. The number of nitrogens with one attached hydrogen (secondary N) is 1. The predicted molar refractivity (Wildman–Crippen MR) is 94.1 cm³/mol. The number of anilines is 1. The van der Waals surface area contributed by atoms with E-state index in [4.69, 9.17) is 0 Å². The van der Waals surface area contributed by atoms with Gasteiger partial charge < -0.3 is 5.32 Å². The first-order valence-corrected chi connectivity index (χ1v) is 8.80. The summed E-state index contributed by atoms with van der Waals surface area (Å²) in [4.78, 5) is 12.4. The molecule has 130 valence electrons. The van der Waals surface area contributed by atoms with Crippen molar-refractivity contribution in [2.24, 2.45) is 7.05 Å². The number of hydrogen-bond acceptors (Lipinski definition) is 3. The quantitative estimate of drug-likeness (QED) is 0.916. The van der Waals surface area contributed by atoms with Crippen molar-refractivity contribution in [3.8, 4) is 0 Å². The third-order valence-electron chi connectivity index (χ3n) is 5.06. The Hall–Kier alpha value is -2.11. The van der Waals surface area contributed by atoms with Crippen LogP contribution in [0.5, 0.6) is 0 Å². The lowest BCUT2D eigenvalue weighted by atomic mass is 10.1. The van der Waals surface area contributed by atoms with Gasteiger partial charge in [0.15, 0.2) is 0 Å². The van der Waals surface area contributed by atoms with Crippen LogP contribution in [-0.4, -0.2) is 25.5 Å². The number of nitrogens with zero attached hydrogens (tertiary/aromatic N) is 4. The summed E-state index contributed by atoms with van der Waals surface area (Å²) in [6.45, 7) is 6.02. The SMILES string of the molecule is Cc1cc(NC(=O)CCc2c(C)nn(C)c2C)n(C2CCCC2)n1. The Bertz CT molecular complexity index is 737. The topological polar surface area (TPSA) is 64.7 Å². The Balaban J connectivity index is 1.65. The lowest BCUT2D eigenvalue weighted by molar-refractivity contribution is -0.116. The molecule has 6 heteroatoms. The summed E-state index contributed by atoms with van der Waals surface area (Å²) in [7, 11) is 1.94. The zero-order chi connectivity index (χ0) is 17.3. The van der Waals surface area contributed by atoms with Gasteiger partial charge in [-0.05, 0) is 45.6 Å². The van der Waals surface area contributed by atoms with Gasteiger partial charge in [0, 0.05) is 25.2 Å². The number of aromatic nitrogens is 4. The Labute approximate surface area is 143 Å². The maximum Gasteiger partial charge on any atom is 0.225 e. The number of amides is 1. The molecule has 2 heterocycles. The van der Waals surface area contributed by atoms with E-state index in [0.717, 1.165) is 35.7 Å². The number of rotatable bonds is 5. The van der Waals surface area contributed by atoms with Crippen LogP contribution in [0.15, 0.2) is 6.07 Å². The van der Waals surface area contributed by atoms with Crippen LogP contribution in [0.4, 0.5) is 5.82 Å². The molecule has 6 nitrogen and oxygen atoms in total. The minimum atomic E-state index is 0.0387. The highest BCUT2D eigenvalue weighted by Gasteiger charge is 2.21. The van der Waals surface area contributed by atoms with Gasteiger partial charge in [-0.1, -0.05) is 12.8 Å². The molecule has 1 aliphatic carbocycles. The molecule has 0 radical (unpaired) electrons. The van der Waals surface area contributed by atoms with Gasteiger partial charge in [-0.25, -0.2) is 4.68 Å². The maximum absolute atomic E-state index is 12.4. The van der Waals surface area contributed by atoms with Crippen molar-refractivity contribution in [1.29, 1.82) is 0 Å². The van der Waals surface area contributed by atoms with E-state index >= 15 is 0 Å². The van der Waals surface area contributed by atoms with Crippen LogP contribution < -0.4 is 5.32 Å². The average molecular weight is 329 g/mol. The second-order valence-corrected chi connectivity index (χ2v) is 6.87. The minimum absolute atomic E-state index is 0.0387. The highest BCUT2D eigenvalue weighted by atomic mass is 16.1. The molecule has 0 aliphatic heterocycles. The zero-order valence-corrected chi connectivity index (χ0v) is 15.1. The van der Waals surface area contributed by atoms with Gasteiger partial charge >= 0.3 is 0 Å². The van der Waals surface area contributed by atoms with Crippen LogP contribution in [0.3, 0.4) is 0 Å². The predicted octanol–water partition coefficient (Wildman–Crippen LogP) is 3.23. The van der Waals surface area contributed by atoms with Crippen LogP contribution in [0.1, 0.15) is 60.8 Å². The van der Waals surface area contributed by atoms with Crippen molar-refractivity contribution in [2.45, 2.75) is 65.3 Å². The first-order chi connectivity index (χ1) is 11.5. The molecule has 1 amide bonds. The van der Waals surface area contributed by atoms with Gasteiger partial charge in [-0.15, -0.1) is 0 Å². The molecule has 0 atom stereocenters. The molecule has 2 aromatic heterocycles. The van der Waals surface area contributed by atoms with E-state index in [0.29, 0.717) is 18.9 Å². The van der Waals surface area contributed by atoms with E-state index in [1.54, 1.807) is 0 Å². The van der Waals surface area contributed by atoms with Gasteiger partial charge in [-0.3, -0.25) is 9.48 Å². The molecule has 0 saturated heterocycles. The molecule has 3 rings (SSSR count). The monoisotopic (exact) mass is 329 g/mol. The highest BCUT2D eigenvalue weighted by Crippen LogP contribution is 2.31. The van der Waals surface area contributed by atoms with Crippen LogP contribution >= 0.6 is 0 Å². The molecular weight excluding hydrogens is 302 g/mol. The molecule has 1 fully saturated rings. The highest BCUT2D eigenvalue weighted by molar-refractivity contribution is 5.90. The minimum Gasteiger partial charge on any atom is -0.311 e. The molecule has 24 heavy (non-hydrogen) atoms. The van der Waals surface area contributed by atoms with Crippen LogP contribution in [0.2, 0.25) is 0 Å². The van der Waals surface area contributed by atoms with Gasteiger partial charge in [-0.2, -0.15) is 10.2 Å². The van der Waals surface area contributed by atoms with Gasteiger partial charge in [0.2, 0.25) is 5.91 Å². The molecule has 1 N–H and O–H groups in total. The largest absolute Gasteiger partial charge is 0.311 e. The van der Waals surface area contributed by atoms with Gasteiger partial charge in [0.05, 0.1) is 17.4 Å². The fourth-order valence-electron chi connectivity index (χ4n) is 3.66. The molecule has 0 spiro atoms. The van der Waals surface area contributed by atoms with Crippen molar-refractivity contribution in [3.05, 3.63) is 28.7 Å². The van der Waals surface area contributed by atoms with Crippen molar-refractivity contribution in [3.63, 3.8) is 0 Å². The van der Waals surface area contributed by atoms with Crippen LogP contribution in [0, 0.1) is 20.8 Å². The summed E-state index contributed by atoms with van der Waals surface area (Å²) in [5, 5.41) is 12.1. The first kappa shape index (κ1) is 16.7. The van der Waals surface area contributed by atoms with E-state index < -0.39 is 0 Å². The standard InChI is InChI=1S/C18H27N5O/c1-12-11-17(23(20-12)15-7-5-6-8-15)19-18(24)10-9-16-13(2)21-22(4)14(16)3/h11,15H,5-10H2,1-4H3,(H,19,24). The lowest BCUT2D eigenvalue weighted by Gasteiger charge is -2.14. The summed E-state index contributed by atoms with van der Waals surface area (Å²) in [6, 6.07) is 2.40. The zero-order valence-electron chi connectivity index (χ0n) is 15.1. The third-order valence-corrected chi connectivity index (χ3v) is 5.06. The van der Waals surface area contributed by atoms with Crippen molar-refractivity contribution in [2.75, 3.05) is 5.32 Å². The summed E-state index contributed by atoms with van der Waals surface area (Å²) in [5.41, 5.74) is 4.27.